The van der Waals surface area contributed by atoms with Gasteiger partial charge in [-0.3, -0.25) is 20.2 Å². The molecule has 134 valence electrons. The number of benzene rings is 1. The van der Waals surface area contributed by atoms with E-state index in [0.717, 1.165) is 17.6 Å². The molecule has 0 radical (unpaired) electrons. The number of nitro groups is 1. The Balaban J connectivity index is 2.54. The lowest BCUT2D eigenvalue weighted by Crippen LogP contribution is -2.15. The number of nitrogens with one attached hydrogen (secondary N) is 1. The molecule has 1 aromatic carbocycles. The first-order valence-electron chi connectivity index (χ1n) is 6.75. The SMILES string of the molecule is COc1cc(C(O)=C(C#N)C(=O)Nc2ncns2)cc([N+](=O)[O-])c1OC. The number of amides is 1. The van der Waals surface area contributed by atoms with Crippen LogP contribution in [-0.4, -0.2) is 39.5 Å². The molecule has 2 aromatic rings. The molecular formula is C14H11N5O6S. The molecule has 0 aliphatic rings. The molecule has 0 fully saturated rings. The van der Waals surface area contributed by atoms with Crippen LogP contribution in [0.5, 0.6) is 11.5 Å². The van der Waals surface area contributed by atoms with Gasteiger partial charge in [0.25, 0.3) is 5.91 Å². The van der Waals surface area contributed by atoms with Gasteiger partial charge in [-0.15, -0.1) is 0 Å². The standard InChI is InChI=1S/C14H11N5O6S/c1-24-10-4-7(3-9(19(22)23)12(10)25-2)11(20)8(5-15)13(21)18-14-16-6-17-26-14/h3-4,6,20H,1-2H3,(H,16,17,18,21). The van der Waals surface area contributed by atoms with Crippen LogP contribution in [-0.2, 0) is 4.79 Å². The highest BCUT2D eigenvalue weighted by molar-refractivity contribution is 7.09. The fourth-order valence-corrected chi connectivity index (χ4v) is 2.39. The van der Waals surface area contributed by atoms with E-state index in [9.17, 15) is 25.3 Å². The van der Waals surface area contributed by atoms with Gasteiger partial charge in [0.15, 0.2) is 11.3 Å². The van der Waals surface area contributed by atoms with Crippen LogP contribution in [0.2, 0.25) is 0 Å². The molecule has 0 aliphatic heterocycles. The summed E-state index contributed by atoms with van der Waals surface area (Å²) >= 11 is 0.872. The molecule has 0 bridgehead atoms. The van der Waals surface area contributed by atoms with E-state index in [4.69, 9.17) is 9.47 Å². The molecule has 1 amide bonds. The van der Waals surface area contributed by atoms with E-state index in [0.29, 0.717) is 0 Å². The number of methoxy groups -OCH3 is 2. The monoisotopic (exact) mass is 377 g/mol. The van der Waals surface area contributed by atoms with Gasteiger partial charge in [0, 0.05) is 23.2 Å². The molecule has 1 heterocycles. The second-order valence-electron chi connectivity index (χ2n) is 4.52. The van der Waals surface area contributed by atoms with Crippen molar-refractivity contribution in [2.45, 2.75) is 0 Å². The minimum Gasteiger partial charge on any atom is -0.506 e. The number of carbonyl (C=O) groups is 1. The average Bonchev–Trinajstić information content (AvgIpc) is 3.13. The van der Waals surface area contributed by atoms with Crippen LogP contribution in [0.4, 0.5) is 10.8 Å². The molecule has 12 heteroatoms. The van der Waals surface area contributed by atoms with Gasteiger partial charge in [0.1, 0.15) is 18.2 Å². The molecule has 11 nitrogen and oxygen atoms in total. The van der Waals surface area contributed by atoms with Crippen molar-refractivity contribution in [3.8, 4) is 17.6 Å². The fourth-order valence-electron chi connectivity index (χ4n) is 1.96. The Morgan fingerprint density at radius 1 is 1.42 bits per heavy atom. The Morgan fingerprint density at radius 3 is 2.65 bits per heavy atom. The van der Waals surface area contributed by atoms with Gasteiger partial charge >= 0.3 is 5.69 Å². The second-order valence-corrected chi connectivity index (χ2v) is 5.30. The minimum absolute atomic E-state index is 0.0509. The van der Waals surface area contributed by atoms with Crippen molar-refractivity contribution in [1.29, 1.82) is 5.26 Å². The molecular weight excluding hydrogens is 366 g/mol. The smallest absolute Gasteiger partial charge is 0.315 e. The third kappa shape index (κ3) is 3.68. The van der Waals surface area contributed by atoms with Crippen LogP contribution < -0.4 is 14.8 Å². The lowest BCUT2D eigenvalue weighted by molar-refractivity contribution is -0.385. The van der Waals surface area contributed by atoms with Crippen molar-refractivity contribution < 1.29 is 24.3 Å². The average molecular weight is 377 g/mol. The Kier molecular flexibility index (Phi) is 5.66. The summed E-state index contributed by atoms with van der Waals surface area (Å²) < 4.78 is 13.6. The van der Waals surface area contributed by atoms with Crippen LogP contribution >= 0.6 is 11.5 Å². The first-order chi connectivity index (χ1) is 12.4. The Hall–Kier alpha value is -3.72. The third-order valence-corrected chi connectivity index (χ3v) is 3.67. The normalized spacial score (nSPS) is 11.1. The summed E-state index contributed by atoms with van der Waals surface area (Å²) in [6.45, 7) is 0. The highest BCUT2D eigenvalue weighted by atomic mass is 32.1. The first kappa shape index (κ1) is 18.6. The minimum atomic E-state index is -0.945. The van der Waals surface area contributed by atoms with Gasteiger partial charge in [0.2, 0.25) is 10.9 Å². The van der Waals surface area contributed by atoms with Crippen molar-refractivity contribution in [2.75, 3.05) is 19.5 Å². The third-order valence-electron chi connectivity index (χ3n) is 3.09. The lowest BCUT2D eigenvalue weighted by atomic mass is 10.1. The predicted octanol–water partition coefficient (Wildman–Crippen LogP) is 1.89. The predicted molar refractivity (Wildman–Crippen MR) is 89.9 cm³/mol. The van der Waals surface area contributed by atoms with E-state index in [1.807, 2.05) is 0 Å². The summed E-state index contributed by atoms with van der Waals surface area (Å²) in [5, 5.41) is 33.2. The number of anilines is 1. The number of aliphatic hydroxyl groups excluding tert-OH is 1. The number of rotatable bonds is 6. The molecule has 1 aromatic heterocycles. The number of ether oxygens (including phenoxy) is 2. The number of nitrogens with zero attached hydrogens (tertiary/aromatic N) is 4. The molecule has 0 unspecified atom stereocenters. The van der Waals surface area contributed by atoms with E-state index in [1.165, 1.54) is 26.6 Å². The van der Waals surface area contributed by atoms with Gasteiger partial charge in [-0.05, 0) is 6.07 Å². The maximum absolute atomic E-state index is 12.2. The van der Waals surface area contributed by atoms with E-state index in [-0.39, 0.29) is 22.2 Å². The van der Waals surface area contributed by atoms with E-state index in [1.54, 1.807) is 6.07 Å². The molecule has 0 spiro atoms. The van der Waals surface area contributed by atoms with Crippen molar-refractivity contribution in [2.24, 2.45) is 0 Å². The summed E-state index contributed by atoms with van der Waals surface area (Å²) in [6, 6.07) is 3.73. The topological polar surface area (TPSA) is 160 Å². The van der Waals surface area contributed by atoms with Crippen LogP contribution in [0.15, 0.2) is 24.0 Å². The molecule has 0 aliphatic carbocycles. The van der Waals surface area contributed by atoms with Gasteiger partial charge in [0.05, 0.1) is 19.1 Å². The zero-order valence-electron chi connectivity index (χ0n) is 13.4. The van der Waals surface area contributed by atoms with Gasteiger partial charge in [-0.25, -0.2) is 4.98 Å². The number of carbonyl (C=O) groups excluding carboxylic acids is 1. The van der Waals surface area contributed by atoms with Crippen molar-refractivity contribution in [3.05, 3.63) is 39.7 Å². The van der Waals surface area contributed by atoms with Gasteiger partial charge < -0.3 is 14.6 Å². The summed E-state index contributed by atoms with van der Waals surface area (Å²) in [4.78, 5) is 26.4. The number of aromatic nitrogens is 2. The quantitative estimate of drug-likeness (QED) is 0.252. The number of hydrogen-bond acceptors (Lipinski definition) is 10. The summed E-state index contributed by atoms with van der Waals surface area (Å²) in [6.07, 6.45) is 1.20. The van der Waals surface area contributed by atoms with Crippen LogP contribution in [0, 0.1) is 21.4 Å². The molecule has 0 saturated heterocycles. The van der Waals surface area contributed by atoms with E-state index >= 15 is 0 Å². The van der Waals surface area contributed by atoms with Crippen LogP contribution in [0.1, 0.15) is 5.56 Å². The second kappa shape index (κ2) is 7.90. The van der Waals surface area contributed by atoms with Crippen LogP contribution in [0.3, 0.4) is 0 Å². The highest BCUT2D eigenvalue weighted by Gasteiger charge is 2.25. The van der Waals surface area contributed by atoms with Gasteiger partial charge in [-0.1, -0.05) is 0 Å². The van der Waals surface area contributed by atoms with E-state index in [2.05, 4.69) is 14.7 Å². The fraction of sp³-hybridized carbons (Fsp3) is 0.143. The van der Waals surface area contributed by atoms with Crippen LogP contribution in [0.25, 0.3) is 5.76 Å². The summed E-state index contributed by atoms with van der Waals surface area (Å²) in [7, 11) is 2.47. The molecule has 26 heavy (non-hydrogen) atoms. The maximum Gasteiger partial charge on any atom is 0.315 e. The molecule has 2 rings (SSSR count). The van der Waals surface area contributed by atoms with Crippen molar-refractivity contribution >= 4 is 34.0 Å². The zero-order chi connectivity index (χ0) is 19.3. The Labute approximate surface area is 150 Å². The summed E-state index contributed by atoms with van der Waals surface area (Å²) in [5.41, 5.74) is -1.34. The van der Waals surface area contributed by atoms with Crippen molar-refractivity contribution in [1.82, 2.24) is 9.36 Å². The molecule has 2 N–H and O–H groups in total. The summed E-state index contributed by atoms with van der Waals surface area (Å²) in [5.74, 6) is -1.92. The Bertz CT molecular complexity index is 919. The maximum atomic E-state index is 12.2. The van der Waals surface area contributed by atoms with Gasteiger partial charge in [-0.2, -0.15) is 9.64 Å². The largest absolute Gasteiger partial charge is 0.506 e. The lowest BCUT2D eigenvalue weighted by Gasteiger charge is -2.11. The first-order valence-corrected chi connectivity index (χ1v) is 7.52. The molecule has 0 atom stereocenters. The number of hydrogen-bond donors (Lipinski definition) is 2. The zero-order valence-corrected chi connectivity index (χ0v) is 14.2. The van der Waals surface area contributed by atoms with Crippen molar-refractivity contribution in [3.63, 3.8) is 0 Å². The number of nitro benzene ring substituents is 1. The number of aliphatic hydroxyl groups is 1. The highest BCUT2D eigenvalue weighted by Crippen LogP contribution is 2.39. The van der Waals surface area contributed by atoms with E-state index < -0.39 is 27.9 Å². The Morgan fingerprint density at radius 2 is 2.15 bits per heavy atom. The number of nitriles is 1. The molecule has 0 saturated carbocycles.